The van der Waals surface area contributed by atoms with Gasteiger partial charge in [-0.25, -0.2) is 14.6 Å². The van der Waals surface area contributed by atoms with E-state index in [0.717, 1.165) is 48.7 Å². The topological polar surface area (TPSA) is 93.5 Å². The molecule has 0 N–H and O–H groups in total. The molecule has 2 aromatic heterocycles. The van der Waals surface area contributed by atoms with Crippen molar-refractivity contribution in [3.05, 3.63) is 65.9 Å². The van der Waals surface area contributed by atoms with E-state index in [4.69, 9.17) is 4.74 Å². The Morgan fingerprint density at radius 3 is 2.59 bits per heavy atom. The van der Waals surface area contributed by atoms with Crippen LogP contribution in [-0.4, -0.2) is 62.8 Å². The van der Waals surface area contributed by atoms with Crippen molar-refractivity contribution in [2.45, 2.75) is 32.7 Å². The van der Waals surface area contributed by atoms with Crippen molar-refractivity contribution in [1.29, 1.82) is 0 Å². The number of amides is 1. The second-order valence-corrected chi connectivity index (χ2v) is 8.61. The Bertz CT molecular complexity index is 1150. The zero-order chi connectivity index (χ0) is 23.5. The number of piperidine rings is 1. The lowest BCUT2D eigenvalue weighted by atomic mass is 9.96. The van der Waals surface area contributed by atoms with Gasteiger partial charge in [-0.3, -0.25) is 9.59 Å². The highest BCUT2D eigenvalue weighted by atomic mass is 16.5. The molecule has 0 radical (unpaired) electrons. The lowest BCUT2D eigenvalue weighted by Gasteiger charge is -2.35. The smallest absolute Gasteiger partial charge is 0.309 e. The number of fused-ring (bicyclic) bond motifs is 1. The summed E-state index contributed by atoms with van der Waals surface area (Å²) >= 11 is 0. The number of hydrogen-bond donors (Lipinski definition) is 0. The van der Waals surface area contributed by atoms with Crippen molar-refractivity contribution in [2.75, 3.05) is 31.1 Å². The number of nitrogens with zero attached hydrogens (tertiary/aromatic N) is 6. The van der Waals surface area contributed by atoms with Gasteiger partial charge in [0, 0.05) is 49.6 Å². The first-order valence-corrected chi connectivity index (χ1v) is 11.8. The SMILES string of the molecule is CCOC(=O)C1CCN(c2ncnc3c2CN(C(=O)c2ccc(-n4cccn4)cc2)CC3)CC1. The van der Waals surface area contributed by atoms with Gasteiger partial charge in [0.15, 0.2) is 0 Å². The fourth-order valence-corrected chi connectivity index (χ4v) is 4.72. The van der Waals surface area contributed by atoms with Crippen molar-refractivity contribution in [2.24, 2.45) is 5.92 Å². The maximum absolute atomic E-state index is 13.3. The number of carbonyl (C=O) groups excluding carboxylic acids is 2. The molecule has 0 unspecified atom stereocenters. The molecule has 0 saturated carbocycles. The molecule has 3 aromatic rings. The van der Waals surface area contributed by atoms with Crippen LogP contribution in [0, 0.1) is 5.92 Å². The fraction of sp³-hybridized carbons (Fsp3) is 0.400. The molecular weight excluding hydrogens is 432 g/mol. The Labute approximate surface area is 198 Å². The number of hydrogen-bond acceptors (Lipinski definition) is 7. The van der Waals surface area contributed by atoms with Crippen LogP contribution in [0.2, 0.25) is 0 Å². The molecule has 34 heavy (non-hydrogen) atoms. The van der Waals surface area contributed by atoms with Gasteiger partial charge in [-0.05, 0) is 50.1 Å². The zero-order valence-corrected chi connectivity index (χ0v) is 19.3. The lowest BCUT2D eigenvalue weighted by Crippen LogP contribution is -2.41. The van der Waals surface area contributed by atoms with Gasteiger partial charge in [-0.1, -0.05) is 0 Å². The highest BCUT2D eigenvalue weighted by Gasteiger charge is 2.31. The minimum Gasteiger partial charge on any atom is -0.466 e. The van der Waals surface area contributed by atoms with E-state index < -0.39 is 0 Å². The van der Waals surface area contributed by atoms with E-state index >= 15 is 0 Å². The number of benzene rings is 1. The van der Waals surface area contributed by atoms with Crippen molar-refractivity contribution in [3.63, 3.8) is 0 Å². The van der Waals surface area contributed by atoms with Crippen LogP contribution in [-0.2, 0) is 22.5 Å². The minimum absolute atomic E-state index is 0.00603. The molecule has 1 fully saturated rings. The quantitative estimate of drug-likeness (QED) is 0.541. The summed E-state index contributed by atoms with van der Waals surface area (Å²) in [6.07, 6.45) is 7.38. The molecule has 1 amide bonds. The number of carbonyl (C=O) groups is 2. The first-order chi connectivity index (χ1) is 16.6. The van der Waals surface area contributed by atoms with Gasteiger partial charge in [0.2, 0.25) is 0 Å². The van der Waals surface area contributed by atoms with Gasteiger partial charge in [-0.15, -0.1) is 0 Å². The third kappa shape index (κ3) is 4.37. The number of ether oxygens (including phenoxy) is 1. The van der Waals surface area contributed by atoms with E-state index in [1.165, 1.54) is 0 Å². The summed E-state index contributed by atoms with van der Waals surface area (Å²) in [5.41, 5.74) is 3.56. The molecule has 5 rings (SSSR count). The largest absolute Gasteiger partial charge is 0.466 e. The molecule has 4 heterocycles. The van der Waals surface area contributed by atoms with Crippen LogP contribution in [0.1, 0.15) is 41.4 Å². The summed E-state index contributed by atoms with van der Waals surface area (Å²) in [5.74, 6) is 0.700. The van der Waals surface area contributed by atoms with Gasteiger partial charge in [-0.2, -0.15) is 5.10 Å². The molecule has 1 saturated heterocycles. The van der Waals surface area contributed by atoms with Crippen molar-refractivity contribution >= 4 is 17.7 Å². The molecule has 0 atom stereocenters. The molecule has 9 nitrogen and oxygen atoms in total. The minimum atomic E-state index is -0.109. The van der Waals surface area contributed by atoms with Crippen LogP contribution in [0.25, 0.3) is 5.69 Å². The van der Waals surface area contributed by atoms with E-state index in [1.807, 2.05) is 48.4 Å². The summed E-state index contributed by atoms with van der Waals surface area (Å²) < 4.78 is 6.96. The lowest BCUT2D eigenvalue weighted by molar-refractivity contribution is -0.148. The monoisotopic (exact) mass is 460 g/mol. The van der Waals surface area contributed by atoms with Gasteiger partial charge in [0.25, 0.3) is 5.91 Å². The van der Waals surface area contributed by atoms with Crippen LogP contribution in [0.3, 0.4) is 0 Å². The van der Waals surface area contributed by atoms with Crippen LogP contribution in [0.15, 0.2) is 49.1 Å². The Balaban J connectivity index is 1.29. The molecular formula is C25H28N6O3. The van der Waals surface area contributed by atoms with Crippen molar-refractivity contribution in [3.8, 4) is 5.69 Å². The average molecular weight is 461 g/mol. The maximum Gasteiger partial charge on any atom is 0.309 e. The summed E-state index contributed by atoms with van der Waals surface area (Å²) in [6, 6.07) is 9.36. The van der Waals surface area contributed by atoms with Crippen LogP contribution in [0.4, 0.5) is 5.82 Å². The summed E-state index contributed by atoms with van der Waals surface area (Å²) in [6.45, 7) is 4.80. The molecule has 2 aliphatic heterocycles. The Kier molecular flexibility index (Phi) is 6.24. The maximum atomic E-state index is 13.3. The first-order valence-electron chi connectivity index (χ1n) is 11.8. The molecule has 2 aliphatic rings. The normalized spacial score (nSPS) is 16.3. The third-order valence-corrected chi connectivity index (χ3v) is 6.56. The predicted octanol–water partition coefficient (Wildman–Crippen LogP) is 2.64. The number of rotatable bonds is 5. The van der Waals surface area contributed by atoms with Crippen LogP contribution in [0.5, 0.6) is 0 Å². The van der Waals surface area contributed by atoms with Crippen molar-refractivity contribution in [1.82, 2.24) is 24.6 Å². The number of aromatic nitrogens is 4. The predicted molar refractivity (Wildman–Crippen MR) is 126 cm³/mol. The molecule has 0 aliphatic carbocycles. The van der Waals surface area contributed by atoms with Gasteiger partial charge in [0.1, 0.15) is 12.1 Å². The Hall–Kier alpha value is -3.75. The Morgan fingerprint density at radius 1 is 1.09 bits per heavy atom. The molecule has 176 valence electrons. The third-order valence-electron chi connectivity index (χ3n) is 6.56. The van der Waals surface area contributed by atoms with Crippen LogP contribution < -0.4 is 4.90 Å². The van der Waals surface area contributed by atoms with E-state index in [9.17, 15) is 9.59 Å². The first kappa shape index (κ1) is 22.1. The van der Waals surface area contributed by atoms with Crippen molar-refractivity contribution < 1.29 is 14.3 Å². The molecule has 1 aromatic carbocycles. The summed E-state index contributed by atoms with van der Waals surface area (Å²) in [4.78, 5) is 38.5. The molecule has 0 bridgehead atoms. The summed E-state index contributed by atoms with van der Waals surface area (Å²) in [5, 5.41) is 4.23. The van der Waals surface area contributed by atoms with E-state index in [0.29, 0.717) is 31.7 Å². The van der Waals surface area contributed by atoms with E-state index in [2.05, 4.69) is 20.0 Å². The number of anilines is 1. The fourth-order valence-electron chi connectivity index (χ4n) is 4.72. The zero-order valence-electron chi connectivity index (χ0n) is 19.3. The van der Waals surface area contributed by atoms with Gasteiger partial charge in [0.05, 0.1) is 30.5 Å². The molecule has 9 heteroatoms. The highest BCUT2D eigenvalue weighted by molar-refractivity contribution is 5.94. The van der Waals surface area contributed by atoms with Gasteiger partial charge < -0.3 is 14.5 Å². The average Bonchev–Trinajstić information content (AvgIpc) is 3.43. The highest BCUT2D eigenvalue weighted by Crippen LogP contribution is 2.30. The summed E-state index contributed by atoms with van der Waals surface area (Å²) in [7, 11) is 0. The molecule has 0 spiro atoms. The van der Waals surface area contributed by atoms with E-state index in [-0.39, 0.29) is 17.8 Å². The van der Waals surface area contributed by atoms with E-state index in [1.54, 1.807) is 17.2 Å². The second kappa shape index (κ2) is 9.62. The number of esters is 1. The van der Waals surface area contributed by atoms with Gasteiger partial charge >= 0.3 is 5.97 Å². The standard InChI is InChI=1S/C25H28N6O3/c1-2-34-25(33)19-8-13-29(14-9-19)23-21-16-30(15-10-22(21)26-17-27-23)24(32)18-4-6-20(7-5-18)31-12-3-11-28-31/h3-7,11-12,17,19H,2,8-10,13-16H2,1H3. The second-order valence-electron chi connectivity index (χ2n) is 8.61. The van der Waals surface area contributed by atoms with Crippen LogP contribution >= 0.6 is 0 Å². The Morgan fingerprint density at radius 2 is 1.88 bits per heavy atom.